The first-order valence-electron chi connectivity index (χ1n) is 11.0. The number of aromatic nitrogens is 1. The molecule has 5 N–H and O–H groups in total. The number of halogens is 4. The molecule has 1 heterocycles. The molecule has 0 aliphatic heterocycles. The van der Waals surface area contributed by atoms with Crippen molar-refractivity contribution in [3.05, 3.63) is 71.1 Å². The molecule has 0 saturated carbocycles. The number of benzene rings is 2. The van der Waals surface area contributed by atoms with Crippen LogP contribution in [0.3, 0.4) is 0 Å². The van der Waals surface area contributed by atoms with Crippen molar-refractivity contribution in [3.8, 4) is 0 Å². The lowest BCUT2D eigenvalue weighted by atomic mass is 10.1. The SMILES string of the molecule is NCC(F)(F)C[C@@H](COC(=O)Nc1cc2ccccc2cn1)NC(=O)CNCc1cccc(F)c1Cl. The molecule has 8 nitrogen and oxygen atoms in total. The van der Waals surface area contributed by atoms with Crippen LogP contribution in [0.15, 0.2) is 54.7 Å². The lowest BCUT2D eigenvalue weighted by Gasteiger charge is -2.23. The van der Waals surface area contributed by atoms with E-state index in [2.05, 4.69) is 20.9 Å². The van der Waals surface area contributed by atoms with E-state index in [1.54, 1.807) is 18.3 Å². The number of amides is 2. The van der Waals surface area contributed by atoms with Gasteiger partial charge < -0.3 is 21.1 Å². The van der Waals surface area contributed by atoms with E-state index in [9.17, 15) is 22.8 Å². The van der Waals surface area contributed by atoms with Gasteiger partial charge in [0.25, 0.3) is 5.92 Å². The van der Waals surface area contributed by atoms with Crippen LogP contribution in [-0.2, 0) is 16.1 Å². The topological polar surface area (TPSA) is 118 Å². The van der Waals surface area contributed by atoms with Crippen LogP contribution in [0.5, 0.6) is 0 Å². The molecule has 0 aliphatic carbocycles. The number of rotatable bonds is 11. The zero-order valence-electron chi connectivity index (χ0n) is 19.1. The Morgan fingerprint density at radius 3 is 2.64 bits per heavy atom. The number of pyridine rings is 1. The number of hydrogen-bond donors (Lipinski definition) is 4. The van der Waals surface area contributed by atoms with Crippen molar-refractivity contribution >= 4 is 40.2 Å². The summed E-state index contributed by atoms with van der Waals surface area (Å²) in [4.78, 5) is 28.6. The fourth-order valence-corrected chi connectivity index (χ4v) is 3.53. The zero-order valence-corrected chi connectivity index (χ0v) is 19.8. The predicted molar refractivity (Wildman–Crippen MR) is 130 cm³/mol. The van der Waals surface area contributed by atoms with Gasteiger partial charge in [-0.2, -0.15) is 0 Å². The zero-order chi connectivity index (χ0) is 26.1. The Morgan fingerprint density at radius 2 is 1.89 bits per heavy atom. The molecular formula is C24H25ClF3N5O3. The van der Waals surface area contributed by atoms with Crippen LogP contribution < -0.4 is 21.7 Å². The van der Waals surface area contributed by atoms with Gasteiger partial charge in [-0.05, 0) is 23.1 Å². The van der Waals surface area contributed by atoms with E-state index in [-0.39, 0.29) is 23.9 Å². The molecule has 0 saturated heterocycles. The van der Waals surface area contributed by atoms with Crippen molar-refractivity contribution in [3.63, 3.8) is 0 Å². The minimum atomic E-state index is -3.29. The van der Waals surface area contributed by atoms with Crippen molar-refractivity contribution in [2.45, 2.75) is 24.9 Å². The average molecular weight is 524 g/mol. The number of carbonyl (C=O) groups is 2. The Morgan fingerprint density at radius 1 is 1.14 bits per heavy atom. The first kappa shape index (κ1) is 27.2. The van der Waals surface area contributed by atoms with Crippen molar-refractivity contribution in [1.82, 2.24) is 15.6 Å². The molecule has 0 radical (unpaired) electrons. The maximum absolute atomic E-state index is 13.9. The number of ether oxygens (including phenoxy) is 1. The van der Waals surface area contributed by atoms with Crippen LogP contribution in [0.4, 0.5) is 23.8 Å². The fraction of sp³-hybridized carbons (Fsp3) is 0.292. The smallest absolute Gasteiger partial charge is 0.412 e. The van der Waals surface area contributed by atoms with Crippen LogP contribution in [0.25, 0.3) is 10.8 Å². The maximum Gasteiger partial charge on any atom is 0.412 e. The Kier molecular flexibility index (Phi) is 9.45. The van der Waals surface area contributed by atoms with Gasteiger partial charge in [0.05, 0.1) is 24.2 Å². The van der Waals surface area contributed by atoms with E-state index in [4.69, 9.17) is 22.1 Å². The van der Waals surface area contributed by atoms with E-state index in [0.717, 1.165) is 10.8 Å². The second kappa shape index (κ2) is 12.5. The summed E-state index contributed by atoms with van der Waals surface area (Å²) < 4.78 is 46.4. The molecule has 3 rings (SSSR count). The number of alkyl halides is 2. The molecule has 36 heavy (non-hydrogen) atoms. The summed E-state index contributed by atoms with van der Waals surface area (Å²) in [6.45, 7) is -1.67. The van der Waals surface area contributed by atoms with Crippen molar-refractivity contribution < 1.29 is 27.5 Å². The summed E-state index contributed by atoms with van der Waals surface area (Å²) in [5.74, 6) is -4.31. The third-order valence-corrected chi connectivity index (χ3v) is 5.54. The van der Waals surface area contributed by atoms with Gasteiger partial charge in [0.1, 0.15) is 18.2 Å². The Hall–Kier alpha value is -3.41. The Balaban J connectivity index is 1.53. The van der Waals surface area contributed by atoms with E-state index < -0.39 is 49.4 Å². The van der Waals surface area contributed by atoms with Crippen LogP contribution >= 0.6 is 11.6 Å². The lowest BCUT2D eigenvalue weighted by Crippen LogP contribution is -2.47. The number of nitrogens with two attached hydrogens (primary N) is 1. The minimum Gasteiger partial charge on any atom is -0.447 e. The number of carbonyl (C=O) groups excluding carboxylic acids is 2. The number of anilines is 1. The van der Waals surface area contributed by atoms with Crippen LogP contribution in [0.2, 0.25) is 5.02 Å². The highest BCUT2D eigenvalue weighted by atomic mass is 35.5. The highest BCUT2D eigenvalue weighted by molar-refractivity contribution is 6.31. The number of nitrogens with one attached hydrogen (secondary N) is 3. The first-order chi connectivity index (χ1) is 17.2. The van der Waals surface area contributed by atoms with E-state index in [1.165, 1.54) is 12.1 Å². The largest absolute Gasteiger partial charge is 0.447 e. The van der Waals surface area contributed by atoms with Crippen LogP contribution in [0.1, 0.15) is 12.0 Å². The van der Waals surface area contributed by atoms with Crippen LogP contribution in [-0.4, -0.2) is 48.6 Å². The van der Waals surface area contributed by atoms with E-state index in [0.29, 0.717) is 5.56 Å². The van der Waals surface area contributed by atoms with Gasteiger partial charge in [0, 0.05) is 24.5 Å². The van der Waals surface area contributed by atoms with Gasteiger partial charge in [-0.1, -0.05) is 48.0 Å². The Bertz CT molecular complexity index is 1210. The molecule has 2 aromatic carbocycles. The summed E-state index contributed by atoms with van der Waals surface area (Å²) in [7, 11) is 0. The van der Waals surface area contributed by atoms with Crippen LogP contribution in [0, 0.1) is 5.82 Å². The summed E-state index contributed by atoms with van der Waals surface area (Å²) in [5.41, 5.74) is 5.54. The molecule has 0 aliphatic rings. The highest BCUT2D eigenvalue weighted by Gasteiger charge is 2.32. The quantitative estimate of drug-likeness (QED) is 0.303. The molecular weight excluding hydrogens is 499 g/mol. The summed E-state index contributed by atoms with van der Waals surface area (Å²) >= 11 is 5.87. The van der Waals surface area contributed by atoms with Gasteiger partial charge in [0.15, 0.2) is 0 Å². The molecule has 3 aromatic rings. The van der Waals surface area contributed by atoms with E-state index in [1.807, 2.05) is 24.3 Å². The molecule has 0 fully saturated rings. The summed E-state index contributed by atoms with van der Waals surface area (Å²) in [5, 5.41) is 9.22. The molecule has 1 aromatic heterocycles. The average Bonchev–Trinajstić information content (AvgIpc) is 2.85. The predicted octanol–water partition coefficient (Wildman–Crippen LogP) is 3.83. The molecule has 1 atom stereocenters. The van der Waals surface area contributed by atoms with Crippen molar-refractivity contribution in [2.75, 3.05) is 25.0 Å². The molecule has 2 amide bonds. The second-order valence-electron chi connectivity index (χ2n) is 7.99. The summed E-state index contributed by atoms with van der Waals surface area (Å²) in [6.07, 6.45) is -0.196. The first-order valence-corrected chi connectivity index (χ1v) is 11.3. The van der Waals surface area contributed by atoms with Crippen molar-refractivity contribution in [2.24, 2.45) is 5.73 Å². The standard InChI is InChI=1S/C24H25ClF3N5O3/c25-22-17(6-3-7-19(22)26)10-30-12-21(34)32-18(9-24(27,28)14-29)13-36-23(35)33-20-8-15-4-1-2-5-16(15)11-31-20/h1-8,11,18,30H,9-10,12-14,29H2,(H,32,34)(H,31,33,35)/t18-/m0/s1. The molecule has 192 valence electrons. The molecule has 0 bridgehead atoms. The molecule has 12 heteroatoms. The van der Waals surface area contributed by atoms with Gasteiger partial charge in [0.2, 0.25) is 5.91 Å². The van der Waals surface area contributed by atoms with E-state index >= 15 is 0 Å². The number of hydrogen-bond acceptors (Lipinski definition) is 6. The second-order valence-corrected chi connectivity index (χ2v) is 8.36. The van der Waals surface area contributed by atoms with Gasteiger partial charge >= 0.3 is 6.09 Å². The van der Waals surface area contributed by atoms with Gasteiger partial charge in [-0.3, -0.25) is 10.1 Å². The van der Waals surface area contributed by atoms with Crippen molar-refractivity contribution in [1.29, 1.82) is 0 Å². The number of nitrogens with zero attached hydrogens (tertiary/aromatic N) is 1. The highest BCUT2D eigenvalue weighted by Crippen LogP contribution is 2.20. The van der Waals surface area contributed by atoms with Gasteiger partial charge in [-0.25, -0.2) is 22.9 Å². The lowest BCUT2D eigenvalue weighted by molar-refractivity contribution is -0.122. The van der Waals surface area contributed by atoms with Gasteiger partial charge in [-0.15, -0.1) is 0 Å². The summed E-state index contributed by atoms with van der Waals surface area (Å²) in [6, 6.07) is 12.0. The maximum atomic E-state index is 13.9. The number of fused-ring (bicyclic) bond motifs is 1. The molecule has 0 spiro atoms. The third kappa shape index (κ3) is 8.08. The normalized spacial score (nSPS) is 12.2. The minimum absolute atomic E-state index is 0.0747. The monoisotopic (exact) mass is 523 g/mol. The third-order valence-electron chi connectivity index (χ3n) is 5.12. The fourth-order valence-electron chi connectivity index (χ4n) is 3.34. The Labute approximate surface area is 210 Å². The molecule has 0 unspecified atom stereocenters.